The summed E-state index contributed by atoms with van der Waals surface area (Å²) in [5, 5.41) is 12.9. The number of nitrogens with zero attached hydrogens (tertiary/aromatic N) is 1. The number of rotatable bonds is 5. The number of hydrogen-bond acceptors (Lipinski definition) is 3. The predicted molar refractivity (Wildman–Crippen MR) is 77.1 cm³/mol. The number of carbonyl (C=O) groups excluding carboxylic acids is 1. The molecule has 1 aromatic carbocycles. The first kappa shape index (κ1) is 15.1. The summed E-state index contributed by atoms with van der Waals surface area (Å²) in [7, 11) is 0. The molecule has 0 aliphatic rings. The Kier molecular flexibility index (Phi) is 5.00. The number of aliphatic hydroxyl groups excluding tert-OH is 1. The molecule has 0 aliphatic heterocycles. The quantitative estimate of drug-likeness (QED) is 0.888. The van der Waals surface area contributed by atoms with E-state index in [1.807, 2.05) is 6.92 Å². The molecule has 2 N–H and O–H groups in total. The molecule has 0 fully saturated rings. The van der Waals surface area contributed by atoms with Crippen LogP contribution in [0.25, 0.3) is 0 Å². The maximum atomic E-state index is 12.8. The molecule has 21 heavy (non-hydrogen) atoms. The second-order valence-electron chi connectivity index (χ2n) is 4.91. The molecular weight excluding hydrogens is 271 g/mol. The highest BCUT2D eigenvalue weighted by atomic mass is 19.1. The fourth-order valence-electron chi connectivity index (χ4n) is 2.03. The van der Waals surface area contributed by atoms with Gasteiger partial charge in [-0.3, -0.25) is 9.78 Å². The van der Waals surface area contributed by atoms with Crippen LogP contribution in [0.2, 0.25) is 0 Å². The summed E-state index contributed by atoms with van der Waals surface area (Å²) < 4.78 is 12.8. The van der Waals surface area contributed by atoms with Gasteiger partial charge < -0.3 is 10.4 Å². The van der Waals surface area contributed by atoms with E-state index in [1.54, 1.807) is 24.5 Å². The van der Waals surface area contributed by atoms with Gasteiger partial charge in [0.15, 0.2) is 0 Å². The van der Waals surface area contributed by atoms with Crippen molar-refractivity contribution in [2.45, 2.75) is 25.5 Å². The molecule has 1 amide bonds. The van der Waals surface area contributed by atoms with Crippen molar-refractivity contribution in [3.63, 3.8) is 0 Å². The Morgan fingerprint density at radius 2 is 1.86 bits per heavy atom. The monoisotopic (exact) mass is 288 g/mol. The number of aliphatic hydroxyl groups is 1. The van der Waals surface area contributed by atoms with Crippen LogP contribution in [0.1, 0.15) is 35.4 Å². The normalized spacial score (nSPS) is 13.5. The lowest BCUT2D eigenvalue weighted by Crippen LogP contribution is -2.33. The maximum absolute atomic E-state index is 12.8. The summed E-state index contributed by atoms with van der Waals surface area (Å²) in [6.07, 6.45) is 2.70. The fraction of sp³-hybridized carbons (Fsp3) is 0.250. The number of benzene rings is 1. The second kappa shape index (κ2) is 6.95. The highest BCUT2D eigenvalue weighted by Gasteiger charge is 2.15. The van der Waals surface area contributed by atoms with Crippen molar-refractivity contribution < 1.29 is 14.3 Å². The molecule has 0 bridgehead atoms. The lowest BCUT2D eigenvalue weighted by molar-refractivity contribution is 0.0917. The van der Waals surface area contributed by atoms with Crippen molar-refractivity contribution in [2.75, 3.05) is 0 Å². The van der Waals surface area contributed by atoms with Crippen molar-refractivity contribution >= 4 is 5.91 Å². The molecule has 2 atom stereocenters. The third kappa shape index (κ3) is 4.36. The Balaban J connectivity index is 1.91. The smallest absolute Gasteiger partial charge is 0.251 e. The average Bonchev–Trinajstić information content (AvgIpc) is 2.48. The number of halogens is 1. The molecule has 5 heteroatoms. The maximum Gasteiger partial charge on any atom is 0.251 e. The zero-order valence-electron chi connectivity index (χ0n) is 11.7. The summed E-state index contributed by atoms with van der Waals surface area (Å²) in [4.78, 5) is 15.8. The predicted octanol–water partition coefficient (Wildman–Crippen LogP) is 2.46. The van der Waals surface area contributed by atoms with Crippen LogP contribution < -0.4 is 5.32 Å². The molecule has 0 saturated heterocycles. The van der Waals surface area contributed by atoms with Gasteiger partial charge in [0.05, 0.1) is 6.10 Å². The Labute approximate surface area is 122 Å². The van der Waals surface area contributed by atoms with Crippen LogP contribution >= 0.6 is 0 Å². The van der Waals surface area contributed by atoms with Crippen LogP contribution in [0.5, 0.6) is 0 Å². The van der Waals surface area contributed by atoms with Crippen LogP contribution in [0.15, 0.2) is 48.8 Å². The van der Waals surface area contributed by atoms with Crippen molar-refractivity contribution in [3.05, 3.63) is 65.7 Å². The van der Waals surface area contributed by atoms with E-state index < -0.39 is 6.10 Å². The lowest BCUT2D eigenvalue weighted by atomic mass is 10.0. The topological polar surface area (TPSA) is 62.2 Å². The van der Waals surface area contributed by atoms with Crippen molar-refractivity contribution in [1.29, 1.82) is 0 Å². The summed E-state index contributed by atoms with van der Waals surface area (Å²) >= 11 is 0. The first-order chi connectivity index (χ1) is 10.1. The molecule has 1 heterocycles. The first-order valence-corrected chi connectivity index (χ1v) is 6.70. The molecule has 2 aromatic rings. The second-order valence-corrected chi connectivity index (χ2v) is 4.91. The van der Waals surface area contributed by atoms with Gasteiger partial charge in [0.2, 0.25) is 0 Å². The Bertz CT molecular complexity index is 587. The van der Waals surface area contributed by atoms with Gasteiger partial charge in [0.25, 0.3) is 5.91 Å². The van der Waals surface area contributed by atoms with Gasteiger partial charge in [-0.1, -0.05) is 12.1 Å². The van der Waals surface area contributed by atoms with Crippen LogP contribution in [-0.2, 0) is 0 Å². The van der Waals surface area contributed by atoms with Crippen LogP contribution in [0.3, 0.4) is 0 Å². The van der Waals surface area contributed by atoms with E-state index in [2.05, 4.69) is 10.3 Å². The third-order valence-electron chi connectivity index (χ3n) is 3.15. The van der Waals surface area contributed by atoms with Gasteiger partial charge in [0, 0.05) is 24.0 Å². The Hall–Kier alpha value is -2.27. The highest BCUT2D eigenvalue weighted by Crippen LogP contribution is 2.18. The Morgan fingerprint density at radius 3 is 2.48 bits per heavy atom. The highest BCUT2D eigenvalue weighted by molar-refractivity contribution is 5.94. The summed E-state index contributed by atoms with van der Waals surface area (Å²) in [6, 6.07) is 8.72. The minimum absolute atomic E-state index is 0.212. The van der Waals surface area contributed by atoms with Crippen molar-refractivity contribution in [2.24, 2.45) is 0 Å². The number of amides is 1. The first-order valence-electron chi connectivity index (χ1n) is 6.70. The fourth-order valence-corrected chi connectivity index (χ4v) is 2.03. The molecule has 4 nitrogen and oxygen atoms in total. The van der Waals surface area contributed by atoms with E-state index in [9.17, 15) is 14.3 Å². The number of pyridine rings is 1. The third-order valence-corrected chi connectivity index (χ3v) is 3.15. The van der Waals surface area contributed by atoms with Crippen molar-refractivity contribution in [1.82, 2.24) is 10.3 Å². The van der Waals surface area contributed by atoms with E-state index >= 15 is 0 Å². The summed E-state index contributed by atoms with van der Waals surface area (Å²) in [5.74, 6) is -0.554. The lowest BCUT2D eigenvalue weighted by Gasteiger charge is -2.18. The summed E-state index contributed by atoms with van der Waals surface area (Å²) in [5.41, 5.74) is 1.15. The van der Waals surface area contributed by atoms with Crippen LogP contribution in [0.4, 0.5) is 4.39 Å². The van der Waals surface area contributed by atoms with Gasteiger partial charge in [-0.2, -0.15) is 0 Å². The van der Waals surface area contributed by atoms with Gasteiger partial charge in [0.1, 0.15) is 5.82 Å². The van der Waals surface area contributed by atoms with Gasteiger partial charge in [-0.15, -0.1) is 0 Å². The number of aromatic nitrogens is 1. The minimum Gasteiger partial charge on any atom is -0.388 e. The Morgan fingerprint density at radius 1 is 1.24 bits per heavy atom. The van der Waals surface area contributed by atoms with E-state index in [-0.39, 0.29) is 17.8 Å². The average molecular weight is 288 g/mol. The summed E-state index contributed by atoms with van der Waals surface area (Å²) in [6.45, 7) is 1.81. The number of hydrogen-bond donors (Lipinski definition) is 2. The molecule has 0 radical (unpaired) electrons. The van der Waals surface area contributed by atoms with Crippen molar-refractivity contribution in [3.8, 4) is 0 Å². The van der Waals surface area contributed by atoms with E-state index in [0.29, 0.717) is 17.5 Å². The molecule has 2 unspecified atom stereocenters. The standard InChI is InChI=1S/C16H17FN2O2/c1-11(19-16(21)13-6-8-18-9-7-13)10-15(20)12-2-4-14(17)5-3-12/h2-9,11,15,20H,10H2,1H3,(H,19,21). The van der Waals surface area contributed by atoms with Crippen LogP contribution in [-0.4, -0.2) is 22.0 Å². The largest absolute Gasteiger partial charge is 0.388 e. The SMILES string of the molecule is CC(CC(O)c1ccc(F)cc1)NC(=O)c1ccncc1. The molecule has 2 rings (SSSR count). The number of carbonyl (C=O) groups is 1. The van der Waals surface area contributed by atoms with Gasteiger partial charge in [-0.25, -0.2) is 4.39 Å². The minimum atomic E-state index is -0.752. The zero-order chi connectivity index (χ0) is 15.2. The number of nitrogens with one attached hydrogen (secondary N) is 1. The van der Waals surface area contributed by atoms with E-state index in [4.69, 9.17) is 0 Å². The molecule has 110 valence electrons. The van der Waals surface area contributed by atoms with Gasteiger partial charge in [-0.05, 0) is 43.2 Å². The molecular formula is C16H17FN2O2. The molecule has 0 saturated carbocycles. The van der Waals surface area contributed by atoms with E-state index in [0.717, 1.165) is 0 Å². The molecule has 1 aromatic heterocycles. The van der Waals surface area contributed by atoms with E-state index in [1.165, 1.54) is 24.3 Å². The molecule has 0 spiro atoms. The zero-order valence-corrected chi connectivity index (χ0v) is 11.7. The van der Waals surface area contributed by atoms with Crippen LogP contribution in [0, 0.1) is 5.82 Å². The van der Waals surface area contributed by atoms with Gasteiger partial charge >= 0.3 is 0 Å². The molecule has 0 aliphatic carbocycles.